The van der Waals surface area contributed by atoms with Gasteiger partial charge in [-0.3, -0.25) is 14.5 Å². The minimum Gasteiger partial charge on any atom is -0.396 e. The summed E-state index contributed by atoms with van der Waals surface area (Å²) in [5.41, 5.74) is 5.85. The van der Waals surface area contributed by atoms with E-state index in [1.54, 1.807) is 4.90 Å². The van der Waals surface area contributed by atoms with Crippen LogP contribution in [0.4, 0.5) is 15.8 Å². The molecule has 1 heterocycles. The van der Waals surface area contributed by atoms with Gasteiger partial charge in [-0.05, 0) is 24.6 Å². The fourth-order valence-corrected chi connectivity index (χ4v) is 2.03. The molecule has 1 saturated heterocycles. The molecular formula is C13H17FN4O2. The maximum Gasteiger partial charge on any atom is 0.238 e. The number of benzene rings is 1. The fourth-order valence-electron chi connectivity index (χ4n) is 2.03. The summed E-state index contributed by atoms with van der Waals surface area (Å²) < 4.78 is 13.0. The van der Waals surface area contributed by atoms with Crippen LogP contribution in [-0.2, 0) is 9.59 Å². The number of anilines is 2. The molecule has 2 rings (SSSR count). The van der Waals surface area contributed by atoms with Gasteiger partial charge in [-0.25, -0.2) is 4.39 Å². The van der Waals surface area contributed by atoms with Gasteiger partial charge in [0, 0.05) is 18.8 Å². The van der Waals surface area contributed by atoms with Crippen molar-refractivity contribution in [3.63, 3.8) is 0 Å². The monoisotopic (exact) mass is 280 g/mol. The number of nitrogen functional groups attached to an aromatic ring is 1. The summed E-state index contributed by atoms with van der Waals surface area (Å²) in [6.07, 6.45) is 0.808. The van der Waals surface area contributed by atoms with Crippen LogP contribution in [0.25, 0.3) is 0 Å². The predicted molar refractivity (Wildman–Crippen MR) is 73.5 cm³/mol. The molecule has 0 aromatic heterocycles. The molecule has 108 valence electrons. The van der Waals surface area contributed by atoms with Gasteiger partial charge in [-0.1, -0.05) is 0 Å². The average Bonchev–Trinajstić information content (AvgIpc) is 2.58. The molecule has 6 nitrogen and oxygen atoms in total. The van der Waals surface area contributed by atoms with Crippen molar-refractivity contribution in [2.75, 3.05) is 37.2 Å². The Morgan fingerprint density at radius 2 is 2.30 bits per heavy atom. The minimum atomic E-state index is -0.521. The molecule has 0 atom stereocenters. The molecule has 1 aliphatic rings. The highest BCUT2D eigenvalue weighted by Gasteiger charge is 2.17. The molecular weight excluding hydrogens is 263 g/mol. The number of nitrogens with two attached hydrogens (primary N) is 1. The average molecular weight is 280 g/mol. The second-order valence-electron chi connectivity index (χ2n) is 4.70. The van der Waals surface area contributed by atoms with Crippen molar-refractivity contribution in [1.29, 1.82) is 0 Å². The Hall–Kier alpha value is -2.15. The van der Waals surface area contributed by atoms with E-state index >= 15 is 0 Å². The lowest BCUT2D eigenvalue weighted by Crippen LogP contribution is -2.38. The minimum absolute atomic E-state index is 0.0167. The van der Waals surface area contributed by atoms with Gasteiger partial charge in [0.2, 0.25) is 11.8 Å². The number of amides is 2. The largest absolute Gasteiger partial charge is 0.396 e. The first-order chi connectivity index (χ1) is 9.54. The van der Waals surface area contributed by atoms with E-state index in [2.05, 4.69) is 10.6 Å². The number of hydrogen-bond acceptors (Lipinski definition) is 4. The van der Waals surface area contributed by atoms with Crippen LogP contribution in [0, 0.1) is 5.82 Å². The van der Waals surface area contributed by atoms with Gasteiger partial charge in [0.05, 0.1) is 18.8 Å². The quantitative estimate of drug-likeness (QED) is 0.689. The predicted octanol–water partition coefficient (Wildman–Crippen LogP) is 0.168. The Morgan fingerprint density at radius 3 is 3.05 bits per heavy atom. The van der Waals surface area contributed by atoms with Gasteiger partial charge in [0.1, 0.15) is 5.82 Å². The number of nitrogens with zero attached hydrogens (tertiary/aromatic N) is 1. The smallest absolute Gasteiger partial charge is 0.238 e. The Morgan fingerprint density at radius 1 is 1.50 bits per heavy atom. The highest BCUT2D eigenvalue weighted by atomic mass is 19.1. The standard InChI is InChI=1S/C13H17FN4O2/c14-10-3-2-9(6-11(10)15)17-13(20)8-18-5-1-4-16-12(19)7-18/h2-3,6H,1,4-5,7-8,15H2,(H,16,19)(H,17,20). The molecule has 20 heavy (non-hydrogen) atoms. The Labute approximate surface area is 116 Å². The number of carbonyl (C=O) groups excluding carboxylic acids is 2. The van der Waals surface area contributed by atoms with Crippen LogP contribution in [-0.4, -0.2) is 42.9 Å². The van der Waals surface area contributed by atoms with Gasteiger partial charge in [-0.2, -0.15) is 0 Å². The summed E-state index contributed by atoms with van der Waals surface area (Å²) in [6.45, 7) is 1.63. The topological polar surface area (TPSA) is 87.5 Å². The number of rotatable bonds is 3. The number of halogens is 1. The molecule has 0 bridgehead atoms. The molecule has 4 N–H and O–H groups in total. The van der Waals surface area contributed by atoms with E-state index in [-0.39, 0.29) is 30.6 Å². The molecule has 0 unspecified atom stereocenters. The molecule has 2 amide bonds. The first-order valence-electron chi connectivity index (χ1n) is 6.38. The molecule has 1 aliphatic heterocycles. The van der Waals surface area contributed by atoms with Crippen molar-refractivity contribution in [3.8, 4) is 0 Å². The zero-order valence-electron chi connectivity index (χ0n) is 11.0. The fraction of sp³-hybridized carbons (Fsp3) is 0.385. The second-order valence-corrected chi connectivity index (χ2v) is 4.70. The van der Waals surface area contributed by atoms with Crippen LogP contribution in [0.2, 0.25) is 0 Å². The van der Waals surface area contributed by atoms with Crippen LogP contribution >= 0.6 is 0 Å². The zero-order chi connectivity index (χ0) is 14.5. The van der Waals surface area contributed by atoms with Crippen LogP contribution in [0.1, 0.15) is 6.42 Å². The molecule has 1 fully saturated rings. The first-order valence-corrected chi connectivity index (χ1v) is 6.38. The summed E-state index contributed by atoms with van der Waals surface area (Å²) in [5.74, 6) is -0.862. The van der Waals surface area contributed by atoms with Gasteiger partial charge in [-0.15, -0.1) is 0 Å². The third kappa shape index (κ3) is 3.92. The van der Waals surface area contributed by atoms with E-state index in [0.717, 1.165) is 6.42 Å². The Balaban J connectivity index is 1.91. The SMILES string of the molecule is Nc1cc(NC(=O)CN2CCCNC(=O)C2)ccc1F. The number of nitrogens with one attached hydrogen (secondary N) is 2. The molecule has 0 aliphatic carbocycles. The second kappa shape index (κ2) is 6.33. The van der Waals surface area contributed by atoms with Crippen LogP contribution in [0.15, 0.2) is 18.2 Å². The van der Waals surface area contributed by atoms with Crippen LogP contribution in [0.5, 0.6) is 0 Å². The molecule has 0 saturated carbocycles. The summed E-state index contributed by atoms with van der Waals surface area (Å²) in [4.78, 5) is 25.0. The number of hydrogen-bond donors (Lipinski definition) is 3. The Kier molecular flexibility index (Phi) is 4.52. The molecule has 0 spiro atoms. The zero-order valence-corrected chi connectivity index (χ0v) is 11.0. The summed E-state index contributed by atoms with van der Waals surface area (Å²) in [6, 6.07) is 4.01. The molecule has 7 heteroatoms. The highest BCUT2D eigenvalue weighted by molar-refractivity contribution is 5.93. The Bertz CT molecular complexity index is 521. The lowest BCUT2D eigenvalue weighted by molar-refractivity contribution is -0.122. The maximum absolute atomic E-state index is 13.0. The van der Waals surface area contributed by atoms with Gasteiger partial charge >= 0.3 is 0 Å². The third-order valence-electron chi connectivity index (χ3n) is 2.99. The molecule has 1 aromatic carbocycles. The summed E-state index contributed by atoms with van der Waals surface area (Å²) in [7, 11) is 0. The van der Waals surface area contributed by atoms with E-state index in [9.17, 15) is 14.0 Å². The normalized spacial score (nSPS) is 16.4. The van der Waals surface area contributed by atoms with Crippen LogP contribution in [0.3, 0.4) is 0 Å². The van der Waals surface area contributed by atoms with Crippen molar-refractivity contribution in [2.45, 2.75) is 6.42 Å². The third-order valence-corrected chi connectivity index (χ3v) is 2.99. The lowest BCUT2D eigenvalue weighted by atomic mass is 10.2. The molecule has 1 aromatic rings. The number of carbonyl (C=O) groups is 2. The van der Waals surface area contributed by atoms with E-state index in [1.807, 2.05) is 0 Å². The van der Waals surface area contributed by atoms with Crippen molar-refractivity contribution in [3.05, 3.63) is 24.0 Å². The molecule has 0 radical (unpaired) electrons. The van der Waals surface area contributed by atoms with E-state index in [4.69, 9.17) is 5.73 Å². The maximum atomic E-state index is 13.0. The van der Waals surface area contributed by atoms with Crippen molar-refractivity contribution in [1.82, 2.24) is 10.2 Å². The van der Waals surface area contributed by atoms with E-state index in [1.165, 1.54) is 18.2 Å². The van der Waals surface area contributed by atoms with Gasteiger partial charge in [0.25, 0.3) is 0 Å². The highest BCUT2D eigenvalue weighted by Crippen LogP contribution is 2.16. The van der Waals surface area contributed by atoms with Crippen molar-refractivity contribution >= 4 is 23.2 Å². The lowest BCUT2D eigenvalue weighted by Gasteiger charge is -2.17. The van der Waals surface area contributed by atoms with E-state index < -0.39 is 5.82 Å². The van der Waals surface area contributed by atoms with Crippen LogP contribution < -0.4 is 16.4 Å². The van der Waals surface area contributed by atoms with Gasteiger partial charge in [0.15, 0.2) is 0 Å². The summed E-state index contributed by atoms with van der Waals surface area (Å²) >= 11 is 0. The van der Waals surface area contributed by atoms with E-state index in [0.29, 0.717) is 18.8 Å². The summed E-state index contributed by atoms with van der Waals surface area (Å²) in [5, 5.41) is 5.37. The van der Waals surface area contributed by atoms with Crippen molar-refractivity contribution in [2.24, 2.45) is 0 Å². The van der Waals surface area contributed by atoms with Crippen molar-refractivity contribution < 1.29 is 14.0 Å². The van der Waals surface area contributed by atoms with Gasteiger partial charge < -0.3 is 16.4 Å². The first kappa shape index (κ1) is 14.3.